The third-order valence-electron chi connectivity index (χ3n) is 2.67. The lowest BCUT2D eigenvalue weighted by atomic mass is 10.2. The van der Waals surface area contributed by atoms with Gasteiger partial charge in [-0.1, -0.05) is 30.3 Å². The summed E-state index contributed by atoms with van der Waals surface area (Å²) in [5.74, 6) is 0. The number of nitrogens with zero attached hydrogens (tertiary/aromatic N) is 1. The zero-order valence-electron chi connectivity index (χ0n) is 13.1. The van der Waals surface area contributed by atoms with Crippen LogP contribution in [0.5, 0.6) is 0 Å². The van der Waals surface area contributed by atoms with Crippen molar-refractivity contribution < 1.29 is 14.3 Å². The Morgan fingerprint density at radius 1 is 1.33 bits per heavy atom. The van der Waals surface area contributed by atoms with E-state index < -0.39 is 17.7 Å². The molecule has 1 aromatic rings. The molecule has 1 unspecified atom stereocenters. The summed E-state index contributed by atoms with van der Waals surface area (Å²) in [6, 6.07) is 9.36. The number of amides is 1. The Labute approximate surface area is 126 Å². The fourth-order valence-electron chi connectivity index (χ4n) is 1.88. The van der Waals surface area contributed by atoms with Crippen molar-refractivity contribution in [1.29, 1.82) is 0 Å². The van der Waals surface area contributed by atoms with Crippen LogP contribution in [0.2, 0.25) is 0 Å². The molecule has 0 aliphatic rings. The summed E-state index contributed by atoms with van der Waals surface area (Å²) in [7, 11) is 1.90. The van der Waals surface area contributed by atoms with Crippen LogP contribution >= 0.6 is 0 Å². The van der Waals surface area contributed by atoms with E-state index >= 15 is 0 Å². The van der Waals surface area contributed by atoms with E-state index in [0.29, 0.717) is 13.1 Å². The first-order valence-corrected chi connectivity index (χ1v) is 6.97. The summed E-state index contributed by atoms with van der Waals surface area (Å²) >= 11 is 0. The van der Waals surface area contributed by atoms with E-state index in [0.717, 1.165) is 11.8 Å². The number of carbonyl (C=O) groups is 2. The highest BCUT2D eigenvalue weighted by Crippen LogP contribution is 2.07. The summed E-state index contributed by atoms with van der Waals surface area (Å²) in [6.45, 7) is 6.48. The van der Waals surface area contributed by atoms with Gasteiger partial charge in [-0.3, -0.25) is 4.90 Å². The van der Waals surface area contributed by atoms with Gasteiger partial charge in [0.15, 0.2) is 0 Å². The van der Waals surface area contributed by atoms with Crippen molar-refractivity contribution in [3.05, 3.63) is 35.9 Å². The summed E-state index contributed by atoms with van der Waals surface area (Å²) in [5, 5.41) is 2.57. The van der Waals surface area contributed by atoms with Crippen LogP contribution in [-0.4, -0.2) is 42.5 Å². The van der Waals surface area contributed by atoms with Crippen molar-refractivity contribution in [1.82, 2.24) is 10.2 Å². The van der Waals surface area contributed by atoms with Gasteiger partial charge in [-0.25, -0.2) is 4.79 Å². The van der Waals surface area contributed by atoms with E-state index in [9.17, 15) is 9.59 Å². The van der Waals surface area contributed by atoms with Gasteiger partial charge < -0.3 is 14.8 Å². The van der Waals surface area contributed by atoms with Crippen LogP contribution in [0.15, 0.2) is 30.3 Å². The quantitative estimate of drug-likeness (QED) is 0.817. The minimum Gasteiger partial charge on any atom is -0.444 e. The Kier molecular flexibility index (Phi) is 6.37. The number of hydrogen-bond donors (Lipinski definition) is 1. The maximum absolute atomic E-state index is 11.7. The third-order valence-corrected chi connectivity index (χ3v) is 2.67. The minimum atomic E-state index is -0.589. The Hall–Kier alpha value is -1.88. The summed E-state index contributed by atoms with van der Waals surface area (Å²) in [5.41, 5.74) is 0.579. The van der Waals surface area contributed by atoms with Crippen LogP contribution in [0.4, 0.5) is 4.79 Å². The van der Waals surface area contributed by atoms with Crippen LogP contribution in [0.3, 0.4) is 0 Å². The molecular weight excluding hydrogens is 268 g/mol. The van der Waals surface area contributed by atoms with Crippen molar-refractivity contribution in [3.63, 3.8) is 0 Å². The van der Waals surface area contributed by atoms with Gasteiger partial charge in [0.25, 0.3) is 0 Å². The van der Waals surface area contributed by atoms with E-state index in [2.05, 4.69) is 5.32 Å². The minimum absolute atomic E-state index is 0.428. The molecule has 0 fully saturated rings. The molecule has 1 N–H and O–H groups in total. The zero-order chi connectivity index (χ0) is 15.9. The number of aldehydes is 1. The van der Waals surface area contributed by atoms with E-state index in [1.807, 2.05) is 42.3 Å². The van der Waals surface area contributed by atoms with Gasteiger partial charge in [-0.05, 0) is 33.4 Å². The van der Waals surface area contributed by atoms with Gasteiger partial charge >= 0.3 is 6.09 Å². The number of carbonyl (C=O) groups excluding carboxylic acids is 2. The molecule has 0 saturated carbocycles. The maximum Gasteiger partial charge on any atom is 0.408 e. The Morgan fingerprint density at radius 2 is 1.95 bits per heavy atom. The highest BCUT2D eigenvalue weighted by Gasteiger charge is 2.20. The number of ether oxygens (including phenoxy) is 1. The molecule has 1 atom stereocenters. The zero-order valence-corrected chi connectivity index (χ0v) is 13.1. The van der Waals surface area contributed by atoms with Gasteiger partial charge in [0.05, 0.1) is 0 Å². The normalized spacial score (nSPS) is 12.8. The molecule has 116 valence electrons. The molecule has 0 saturated heterocycles. The van der Waals surface area contributed by atoms with Crippen molar-refractivity contribution in [2.45, 2.75) is 39.0 Å². The molecule has 0 spiro atoms. The monoisotopic (exact) mass is 292 g/mol. The number of likely N-dealkylation sites (N-methyl/N-ethyl adjacent to an activating group) is 1. The molecule has 5 nitrogen and oxygen atoms in total. The molecule has 1 rings (SSSR count). The fourth-order valence-corrected chi connectivity index (χ4v) is 1.88. The van der Waals surface area contributed by atoms with Gasteiger partial charge in [0.2, 0.25) is 0 Å². The molecule has 21 heavy (non-hydrogen) atoms. The Morgan fingerprint density at radius 3 is 2.48 bits per heavy atom. The number of benzene rings is 1. The maximum atomic E-state index is 11.7. The van der Waals surface area contributed by atoms with Gasteiger partial charge in [0.1, 0.15) is 17.9 Å². The average molecular weight is 292 g/mol. The molecule has 1 aromatic carbocycles. The van der Waals surface area contributed by atoms with Crippen LogP contribution in [-0.2, 0) is 16.1 Å². The first kappa shape index (κ1) is 17.2. The Bertz CT molecular complexity index is 454. The van der Waals surface area contributed by atoms with E-state index in [4.69, 9.17) is 4.74 Å². The van der Waals surface area contributed by atoms with Crippen molar-refractivity contribution in [2.24, 2.45) is 0 Å². The van der Waals surface area contributed by atoms with Gasteiger partial charge in [-0.2, -0.15) is 0 Å². The van der Waals surface area contributed by atoms with Crippen LogP contribution < -0.4 is 5.32 Å². The fraction of sp³-hybridized carbons (Fsp3) is 0.500. The molecule has 1 amide bonds. The SMILES string of the molecule is CN(Cc1ccccc1)CC(C=O)NC(=O)OC(C)(C)C. The third kappa shape index (κ3) is 7.46. The molecule has 0 bridgehead atoms. The van der Waals surface area contributed by atoms with Crippen LogP contribution in [0.25, 0.3) is 0 Å². The number of alkyl carbamates (subject to hydrolysis) is 1. The second kappa shape index (κ2) is 7.78. The van der Waals surface area contributed by atoms with E-state index in [1.54, 1.807) is 20.8 Å². The van der Waals surface area contributed by atoms with Crippen LogP contribution in [0, 0.1) is 0 Å². The first-order valence-electron chi connectivity index (χ1n) is 6.97. The lowest BCUT2D eigenvalue weighted by molar-refractivity contribution is -0.110. The number of hydrogen-bond acceptors (Lipinski definition) is 4. The second-order valence-electron chi connectivity index (χ2n) is 6.07. The standard InChI is InChI=1S/C16H24N2O3/c1-16(2,3)21-15(20)17-14(12-19)11-18(4)10-13-8-6-5-7-9-13/h5-9,12,14H,10-11H2,1-4H3,(H,17,20). The summed E-state index contributed by atoms with van der Waals surface area (Å²) in [4.78, 5) is 24.7. The summed E-state index contributed by atoms with van der Waals surface area (Å²) < 4.78 is 5.14. The molecule has 0 heterocycles. The predicted molar refractivity (Wildman–Crippen MR) is 82.0 cm³/mol. The van der Waals surface area contributed by atoms with E-state index in [-0.39, 0.29) is 0 Å². The average Bonchev–Trinajstić information content (AvgIpc) is 2.36. The van der Waals surface area contributed by atoms with Gasteiger partial charge in [0, 0.05) is 13.1 Å². The molecule has 0 aliphatic carbocycles. The van der Waals surface area contributed by atoms with Gasteiger partial charge in [-0.15, -0.1) is 0 Å². The number of rotatable bonds is 6. The first-order chi connectivity index (χ1) is 9.80. The number of nitrogens with one attached hydrogen (secondary N) is 1. The molecule has 0 radical (unpaired) electrons. The molecule has 0 aromatic heterocycles. The molecule has 0 aliphatic heterocycles. The summed E-state index contributed by atoms with van der Waals surface area (Å²) in [6.07, 6.45) is 0.151. The van der Waals surface area contributed by atoms with E-state index in [1.165, 1.54) is 0 Å². The largest absolute Gasteiger partial charge is 0.444 e. The topological polar surface area (TPSA) is 58.6 Å². The van der Waals surface area contributed by atoms with Crippen LogP contribution in [0.1, 0.15) is 26.3 Å². The van der Waals surface area contributed by atoms with Crippen molar-refractivity contribution in [2.75, 3.05) is 13.6 Å². The highest BCUT2D eigenvalue weighted by atomic mass is 16.6. The molecular formula is C16H24N2O3. The highest BCUT2D eigenvalue weighted by molar-refractivity contribution is 5.73. The Balaban J connectivity index is 2.46. The predicted octanol–water partition coefficient (Wildman–Crippen LogP) is 2.21. The smallest absolute Gasteiger partial charge is 0.408 e. The molecule has 5 heteroatoms. The van der Waals surface area contributed by atoms with Crippen molar-refractivity contribution >= 4 is 12.4 Å². The lowest BCUT2D eigenvalue weighted by Gasteiger charge is -2.24. The second-order valence-corrected chi connectivity index (χ2v) is 6.07. The van der Waals surface area contributed by atoms with Crippen molar-refractivity contribution in [3.8, 4) is 0 Å². The lowest BCUT2D eigenvalue weighted by Crippen LogP contribution is -2.45.